The third kappa shape index (κ3) is 6.78. The number of hydrogen-bond acceptors (Lipinski definition) is 6. The molecule has 3 heterocycles. The summed E-state index contributed by atoms with van der Waals surface area (Å²) >= 11 is 0. The fourth-order valence-corrected chi connectivity index (χ4v) is 9.48. The van der Waals surface area contributed by atoms with Crippen molar-refractivity contribution in [2.75, 3.05) is 0 Å². The molecule has 3 aromatic heterocycles. The molecule has 0 aliphatic carbocycles. The third-order valence-electron chi connectivity index (χ3n) is 12.7. The molecule has 0 unspecified atom stereocenters. The molecule has 6 nitrogen and oxygen atoms in total. The number of hydrogen-bond donors (Lipinski definition) is 0. The second-order valence-corrected chi connectivity index (χ2v) is 16.8. The SMILES string of the molecule is c1ccc(-c2cc(-c3cc(-c4cc(-c5ccccc5)nc(-c5cccc6ccccc56)n4)cc(-c4nc5c6ccccc6c6ccccc6c5o4)c3)nc(-c3cccc4ccccc34)n2)cc1. The molecule has 0 N–H and O–H groups in total. The molecule has 0 fully saturated rings. The van der Waals surface area contributed by atoms with E-state index in [4.69, 9.17) is 29.3 Å². The minimum absolute atomic E-state index is 0.498. The number of nitrogens with zero attached hydrogens (tertiary/aromatic N) is 5. The Kier molecular flexibility index (Phi) is 9.06. The van der Waals surface area contributed by atoms with Crippen LogP contribution in [-0.2, 0) is 0 Å². The molecule has 0 saturated heterocycles. The van der Waals surface area contributed by atoms with Crippen LogP contribution < -0.4 is 0 Å². The molecular formula is C61H37N5O. The topological polar surface area (TPSA) is 77.6 Å². The first kappa shape index (κ1) is 38.3. The van der Waals surface area contributed by atoms with Gasteiger partial charge >= 0.3 is 0 Å². The standard InChI is InChI=1S/C61H37N5O/c1-3-19-40(20-4-1)53-36-55(64-59(62-53)51-31-15-23-38-17-7-9-25-45(38)51)42-33-43(35-44(34-42)61-66-57-49-29-13-11-27-47(49)48-28-12-14-30-50(48)58(57)67-61)56-37-54(41-21-5-2-6-22-41)63-60(65-56)52-32-16-24-39-18-8-10-26-46(39)52/h1-37H. The molecule has 0 radical (unpaired) electrons. The van der Waals surface area contributed by atoms with Gasteiger partial charge < -0.3 is 4.42 Å². The Morgan fingerprint density at radius 2 is 0.657 bits per heavy atom. The first-order valence-electron chi connectivity index (χ1n) is 22.4. The van der Waals surface area contributed by atoms with Crippen LogP contribution in [0, 0.1) is 0 Å². The average molecular weight is 856 g/mol. The molecule has 0 amide bonds. The molecule has 0 aliphatic rings. The number of oxazole rings is 1. The van der Waals surface area contributed by atoms with Gasteiger partial charge in [0.25, 0.3) is 0 Å². The van der Waals surface area contributed by atoms with Crippen molar-refractivity contribution < 1.29 is 4.42 Å². The van der Waals surface area contributed by atoms with Gasteiger partial charge in [-0.2, -0.15) is 0 Å². The van der Waals surface area contributed by atoms with Crippen LogP contribution >= 0.6 is 0 Å². The molecule has 13 aromatic rings. The van der Waals surface area contributed by atoms with Crippen LogP contribution in [0.4, 0.5) is 0 Å². The largest absolute Gasteiger partial charge is 0.435 e. The van der Waals surface area contributed by atoms with Gasteiger partial charge in [0.1, 0.15) is 5.52 Å². The molecule has 10 aromatic carbocycles. The lowest BCUT2D eigenvalue weighted by molar-refractivity contribution is 0.623. The van der Waals surface area contributed by atoms with Crippen LogP contribution in [0.5, 0.6) is 0 Å². The van der Waals surface area contributed by atoms with E-state index in [1.807, 2.05) is 36.4 Å². The number of fused-ring (bicyclic) bond motifs is 8. The predicted molar refractivity (Wildman–Crippen MR) is 273 cm³/mol. The lowest BCUT2D eigenvalue weighted by Gasteiger charge is -2.14. The van der Waals surface area contributed by atoms with Gasteiger partial charge in [0, 0.05) is 49.7 Å². The van der Waals surface area contributed by atoms with E-state index in [9.17, 15) is 0 Å². The second kappa shape index (κ2) is 15.8. The van der Waals surface area contributed by atoms with Gasteiger partial charge in [0.15, 0.2) is 17.2 Å². The Morgan fingerprint density at radius 1 is 0.269 bits per heavy atom. The molecule has 67 heavy (non-hydrogen) atoms. The van der Waals surface area contributed by atoms with E-state index in [1.54, 1.807) is 0 Å². The van der Waals surface area contributed by atoms with Crippen LogP contribution in [-0.4, -0.2) is 24.9 Å². The summed E-state index contributed by atoms with van der Waals surface area (Å²) < 4.78 is 6.95. The van der Waals surface area contributed by atoms with Gasteiger partial charge in [-0.1, -0.05) is 194 Å². The van der Waals surface area contributed by atoms with Gasteiger partial charge in [-0.15, -0.1) is 0 Å². The molecule has 0 atom stereocenters. The highest BCUT2D eigenvalue weighted by Crippen LogP contribution is 2.41. The zero-order valence-corrected chi connectivity index (χ0v) is 36.0. The van der Waals surface area contributed by atoms with Crippen molar-refractivity contribution in [2.45, 2.75) is 0 Å². The van der Waals surface area contributed by atoms with Gasteiger partial charge in [-0.05, 0) is 62.6 Å². The average Bonchev–Trinajstić information content (AvgIpc) is 3.87. The molecule has 0 spiro atoms. The Balaban J connectivity index is 1.09. The van der Waals surface area contributed by atoms with E-state index in [0.717, 1.165) is 116 Å². The summed E-state index contributed by atoms with van der Waals surface area (Å²) in [5, 5.41) is 8.70. The van der Waals surface area contributed by atoms with E-state index in [-0.39, 0.29) is 0 Å². The summed E-state index contributed by atoms with van der Waals surface area (Å²) in [4.78, 5) is 26.7. The molecule has 312 valence electrons. The zero-order valence-electron chi connectivity index (χ0n) is 36.0. The first-order valence-corrected chi connectivity index (χ1v) is 22.4. The summed E-state index contributed by atoms with van der Waals surface area (Å²) in [5.74, 6) is 1.76. The Labute approximate surface area is 385 Å². The van der Waals surface area contributed by atoms with Crippen molar-refractivity contribution in [3.8, 4) is 79.3 Å². The first-order chi connectivity index (χ1) is 33.2. The highest BCUT2D eigenvalue weighted by atomic mass is 16.3. The van der Waals surface area contributed by atoms with Crippen molar-refractivity contribution in [1.82, 2.24) is 24.9 Å². The van der Waals surface area contributed by atoms with Crippen molar-refractivity contribution in [3.63, 3.8) is 0 Å². The van der Waals surface area contributed by atoms with Gasteiger partial charge in [0.2, 0.25) is 5.89 Å². The Bertz CT molecular complexity index is 3780. The monoisotopic (exact) mass is 855 g/mol. The van der Waals surface area contributed by atoms with Gasteiger partial charge in [-0.25, -0.2) is 24.9 Å². The van der Waals surface area contributed by atoms with Crippen molar-refractivity contribution >= 4 is 54.2 Å². The predicted octanol–water partition coefficient (Wildman–Crippen LogP) is 15.7. The van der Waals surface area contributed by atoms with E-state index in [1.165, 1.54) is 0 Å². The summed E-state index contributed by atoms with van der Waals surface area (Å²) in [5.41, 5.74) is 11.1. The van der Waals surface area contributed by atoms with Crippen LogP contribution in [0.25, 0.3) is 133 Å². The van der Waals surface area contributed by atoms with E-state index >= 15 is 0 Å². The van der Waals surface area contributed by atoms with Crippen molar-refractivity contribution in [2.24, 2.45) is 0 Å². The number of benzene rings is 10. The van der Waals surface area contributed by atoms with Crippen LogP contribution in [0.2, 0.25) is 0 Å². The lowest BCUT2D eigenvalue weighted by atomic mass is 9.98. The summed E-state index contributed by atoms with van der Waals surface area (Å²) in [6, 6.07) is 77.4. The van der Waals surface area contributed by atoms with Gasteiger partial charge in [-0.3, -0.25) is 0 Å². The smallest absolute Gasteiger partial charge is 0.227 e. The molecule has 0 bridgehead atoms. The normalized spacial score (nSPS) is 11.6. The van der Waals surface area contributed by atoms with E-state index < -0.39 is 0 Å². The summed E-state index contributed by atoms with van der Waals surface area (Å²) in [7, 11) is 0. The maximum absolute atomic E-state index is 6.95. The Morgan fingerprint density at radius 3 is 1.18 bits per heavy atom. The number of aromatic nitrogens is 5. The minimum atomic E-state index is 0.498. The number of rotatable bonds is 7. The van der Waals surface area contributed by atoms with Crippen LogP contribution in [0.1, 0.15) is 0 Å². The molecular weight excluding hydrogens is 819 g/mol. The summed E-state index contributed by atoms with van der Waals surface area (Å²) in [6.45, 7) is 0. The van der Waals surface area contributed by atoms with Gasteiger partial charge in [0.05, 0.1) is 22.8 Å². The van der Waals surface area contributed by atoms with Crippen molar-refractivity contribution in [3.05, 3.63) is 224 Å². The van der Waals surface area contributed by atoms with E-state index in [0.29, 0.717) is 17.5 Å². The van der Waals surface area contributed by atoms with E-state index in [2.05, 4.69) is 188 Å². The highest BCUT2D eigenvalue weighted by molar-refractivity contribution is 6.22. The van der Waals surface area contributed by atoms with Crippen molar-refractivity contribution in [1.29, 1.82) is 0 Å². The highest BCUT2D eigenvalue weighted by Gasteiger charge is 2.21. The van der Waals surface area contributed by atoms with Crippen LogP contribution in [0.15, 0.2) is 229 Å². The quantitative estimate of drug-likeness (QED) is 0.149. The second-order valence-electron chi connectivity index (χ2n) is 16.8. The maximum Gasteiger partial charge on any atom is 0.227 e. The fraction of sp³-hybridized carbons (Fsp3) is 0. The molecule has 13 rings (SSSR count). The molecule has 0 saturated carbocycles. The lowest BCUT2D eigenvalue weighted by Crippen LogP contribution is -1.99. The fourth-order valence-electron chi connectivity index (χ4n) is 9.48. The molecule has 0 aliphatic heterocycles. The third-order valence-corrected chi connectivity index (χ3v) is 12.7. The Hall–Kier alpha value is -9.13. The molecule has 6 heteroatoms. The summed E-state index contributed by atoms with van der Waals surface area (Å²) in [6.07, 6.45) is 0. The van der Waals surface area contributed by atoms with Crippen LogP contribution in [0.3, 0.4) is 0 Å². The maximum atomic E-state index is 6.95. The minimum Gasteiger partial charge on any atom is -0.435 e. The zero-order chi connectivity index (χ0) is 44.3.